The van der Waals surface area contributed by atoms with Crippen molar-refractivity contribution in [2.24, 2.45) is 0 Å². The Bertz CT molecular complexity index is 943. The van der Waals surface area contributed by atoms with E-state index in [1.165, 1.54) is 24.3 Å². The number of thiocarbonyl (C=S) groups is 1. The molecule has 0 saturated carbocycles. The van der Waals surface area contributed by atoms with Crippen molar-refractivity contribution < 1.29 is 27.5 Å². The second-order valence-corrected chi connectivity index (χ2v) is 6.12. The standard InChI is InChI=1S/C17H12F4N4O2S/c18-9-1-3-10(4-2-9)23-16(28)14-12(26)8-25(24-15(14)27)11-5-6-13(22-7-11)17(19,20)21/h1-7,26H,8H2,(H,23,28)(H,24,27). The number of aliphatic hydroxyl groups is 1. The van der Waals surface area contributed by atoms with E-state index in [1.807, 2.05) is 0 Å². The maximum atomic E-state index is 13.0. The smallest absolute Gasteiger partial charge is 0.433 e. The van der Waals surface area contributed by atoms with Crippen LogP contribution in [-0.2, 0) is 11.0 Å². The zero-order valence-corrected chi connectivity index (χ0v) is 14.7. The molecular weight excluding hydrogens is 400 g/mol. The highest BCUT2D eigenvalue weighted by molar-refractivity contribution is 7.81. The number of rotatable bonds is 3. The van der Waals surface area contributed by atoms with Crippen molar-refractivity contribution in [3.05, 3.63) is 65.4 Å². The van der Waals surface area contributed by atoms with E-state index in [4.69, 9.17) is 12.2 Å². The first-order valence-electron chi connectivity index (χ1n) is 7.76. The number of hydrogen-bond donors (Lipinski definition) is 3. The van der Waals surface area contributed by atoms with Gasteiger partial charge in [-0.1, -0.05) is 12.2 Å². The van der Waals surface area contributed by atoms with Gasteiger partial charge in [0, 0.05) is 5.69 Å². The average molecular weight is 412 g/mol. The van der Waals surface area contributed by atoms with Crippen molar-refractivity contribution >= 4 is 34.5 Å². The van der Waals surface area contributed by atoms with Crippen LogP contribution in [0.4, 0.5) is 28.9 Å². The average Bonchev–Trinajstić information content (AvgIpc) is 2.62. The summed E-state index contributed by atoms with van der Waals surface area (Å²) in [5, 5.41) is 14.1. The molecule has 1 amide bonds. The number of carbonyl (C=O) groups is 1. The lowest BCUT2D eigenvalue weighted by molar-refractivity contribution is -0.141. The van der Waals surface area contributed by atoms with Crippen molar-refractivity contribution in [1.29, 1.82) is 0 Å². The van der Waals surface area contributed by atoms with Crippen LogP contribution in [0.5, 0.6) is 0 Å². The fourth-order valence-electron chi connectivity index (χ4n) is 2.41. The number of anilines is 2. The molecule has 0 spiro atoms. The summed E-state index contributed by atoms with van der Waals surface area (Å²) in [6, 6.07) is 7.07. The minimum atomic E-state index is -4.59. The minimum absolute atomic E-state index is 0.0909. The van der Waals surface area contributed by atoms with Gasteiger partial charge in [-0.3, -0.25) is 15.2 Å². The first kappa shape index (κ1) is 19.5. The summed E-state index contributed by atoms with van der Waals surface area (Å²) in [5.41, 5.74) is 1.69. The number of benzene rings is 1. The molecule has 0 radical (unpaired) electrons. The summed E-state index contributed by atoms with van der Waals surface area (Å²) in [7, 11) is 0. The summed E-state index contributed by atoms with van der Waals surface area (Å²) in [4.78, 5) is 15.6. The topological polar surface area (TPSA) is 77.5 Å². The van der Waals surface area contributed by atoms with Gasteiger partial charge in [0.05, 0.1) is 18.4 Å². The van der Waals surface area contributed by atoms with Gasteiger partial charge in [-0.2, -0.15) is 13.2 Å². The largest absolute Gasteiger partial charge is 0.509 e. The van der Waals surface area contributed by atoms with Crippen LogP contribution < -0.4 is 15.8 Å². The lowest BCUT2D eigenvalue weighted by atomic mass is 10.1. The normalized spacial score (nSPS) is 14.7. The Labute approximate surface area is 161 Å². The third kappa shape index (κ3) is 4.19. The van der Waals surface area contributed by atoms with E-state index in [1.54, 1.807) is 0 Å². The van der Waals surface area contributed by atoms with E-state index in [-0.39, 0.29) is 28.6 Å². The molecule has 146 valence electrons. The highest BCUT2D eigenvalue weighted by Crippen LogP contribution is 2.29. The van der Waals surface area contributed by atoms with Crippen molar-refractivity contribution in [3.8, 4) is 0 Å². The molecule has 1 aromatic carbocycles. The molecule has 0 aliphatic carbocycles. The number of hydrazine groups is 1. The van der Waals surface area contributed by atoms with Crippen LogP contribution in [0.25, 0.3) is 0 Å². The SMILES string of the molecule is O=C1NN(c2ccc(C(F)(F)F)nc2)CC(O)=C1C(=S)Nc1ccc(F)cc1. The fraction of sp³-hybridized carbons (Fsp3) is 0.118. The van der Waals surface area contributed by atoms with Crippen LogP contribution in [0, 0.1) is 5.82 Å². The fourth-order valence-corrected chi connectivity index (χ4v) is 2.74. The summed E-state index contributed by atoms with van der Waals surface area (Å²) in [6.07, 6.45) is -3.66. The van der Waals surface area contributed by atoms with Crippen LogP contribution in [-0.4, -0.2) is 27.5 Å². The Morgan fingerprint density at radius 1 is 1.21 bits per heavy atom. The molecule has 1 aliphatic heterocycles. The van der Waals surface area contributed by atoms with Crippen molar-refractivity contribution in [1.82, 2.24) is 10.4 Å². The molecule has 0 unspecified atom stereocenters. The summed E-state index contributed by atoms with van der Waals surface area (Å²) in [5.74, 6) is -1.60. The van der Waals surface area contributed by atoms with Gasteiger partial charge in [-0.25, -0.2) is 9.37 Å². The van der Waals surface area contributed by atoms with Gasteiger partial charge in [-0.05, 0) is 36.4 Å². The lowest BCUT2D eigenvalue weighted by Gasteiger charge is -2.30. The second kappa shape index (κ2) is 7.43. The maximum absolute atomic E-state index is 13.0. The third-order valence-electron chi connectivity index (χ3n) is 3.74. The first-order chi connectivity index (χ1) is 13.1. The Balaban J connectivity index is 1.76. The van der Waals surface area contributed by atoms with Gasteiger partial charge < -0.3 is 10.4 Å². The van der Waals surface area contributed by atoms with Gasteiger partial charge >= 0.3 is 6.18 Å². The number of pyridine rings is 1. The Morgan fingerprint density at radius 3 is 2.43 bits per heavy atom. The Morgan fingerprint density at radius 2 is 1.89 bits per heavy atom. The molecule has 0 bridgehead atoms. The monoisotopic (exact) mass is 412 g/mol. The van der Waals surface area contributed by atoms with Crippen LogP contribution in [0.3, 0.4) is 0 Å². The van der Waals surface area contributed by atoms with Crippen LogP contribution >= 0.6 is 12.2 Å². The first-order valence-corrected chi connectivity index (χ1v) is 8.17. The van der Waals surface area contributed by atoms with Crippen molar-refractivity contribution in [3.63, 3.8) is 0 Å². The van der Waals surface area contributed by atoms with E-state index >= 15 is 0 Å². The number of nitrogens with one attached hydrogen (secondary N) is 2. The third-order valence-corrected chi connectivity index (χ3v) is 4.05. The Hall–Kier alpha value is -3.21. The second-order valence-electron chi connectivity index (χ2n) is 5.71. The predicted octanol–water partition coefficient (Wildman–Crippen LogP) is 3.34. The summed E-state index contributed by atoms with van der Waals surface area (Å²) in [6.45, 7) is -0.237. The molecule has 2 heterocycles. The van der Waals surface area contributed by atoms with E-state index in [0.29, 0.717) is 5.69 Å². The van der Waals surface area contributed by atoms with Crippen molar-refractivity contribution in [2.75, 3.05) is 16.9 Å². The molecule has 28 heavy (non-hydrogen) atoms. The van der Waals surface area contributed by atoms with E-state index < -0.39 is 23.6 Å². The number of nitrogens with zero attached hydrogens (tertiary/aromatic N) is 2. The molecule has 3 N–H and O–H groups in total. The zero-order valence-electron chi connectivity index (χ0n) is 13.9. The van der Waals surface area contributed by atoms with Gasteiger partial charge in [0.2, 0.25) is 0 Å². The highest BCUT2D eigenvalue weighted by atomic mass is 32.1. The lowest BCUT2D eigenvalue weighted by Crippen LogP contribution is -2.50. The van der Waals surface area contributed by atoms with Gasteiger partial charge in [0.15, 0.2) is 0 Å². The molecule has 3 rings (SSSR count). The number of alkyl halides is 3. The van der Waals surface area contributed by atoms with E-state index in [9.17, 15) is 27.5 Å². The van der Waals surface area contributed by atoms with Gasteiger partial charge in [-0.15, -0.1) is 0 Å². The van der Waals surface area contributed by atoms with Crippen LogP contribution in [0.1, 0.15) is 5.69 Å². The molecule has 0 atom stereocenters. The van der Waals surface area contributed by atoms with Gasteiger partial charge in [0.1, 0.15) is 27.8 Å². The molecule has 0 saturated heterocycles. The number of halogens is 4. The molecule has 11 heteroatoms. The minimum Gasteiger partial charge on any atom is -0.509 e. The van der Waals surface area contributed by atoms with E-state index in [2.05, 4.69) is 15.7 Å². The van der Waals surface area contributed by atoms with Crippen LogP contribution in [0.15, 0.2) is 53.9 Å². The zero-order chi connectivity index (χ0) is 20.5. The van der Waals surface area contributed by atoms with Crippen molar-refractivity contribution in [2.45, 2.75) is 6.18 Å². The molecule has 2 aromatic rings. The molecule has 0 fully saturated rings. The maximum Gasteiger partial charge on any atom is 0.433 e. The quantitative estimate of drug-likeness (QED) is 0.530. The number of carbonyl (C=O) groups excluding carboxylic acids is 1. The molecule has 1 aliphatic rings. The number of aliphatic hydroxyl groups excluding tert-OH is 1. The molecule has 1 aromatic heterocycles. The summed E-state index contributed by atoms with van der Waals surface area (Å²) >= 11 is 5.12. The number of hydrogen-bond acceptors (Lipinski definition) is 5. The molecular formula is C17H12F4N4O2S. The van der Waals surface area contributed by atoms with Gasteiger partial charge in [0.25, 0.3) is 5.91 Å². The van der Waals surface area contributed by atoms with Crippen LogP contribution in [0.2, 0.25) is 0 Å². The summed E-state index contributed by atoms with van der Waals surface area (Å²) < 4.78 is 50.7. The predicted molar refractivity (Wildman–Crippen MR) is 97.0 cm³/mol. The van der Waals surface area contributed by atoms with E-state index in [0.717, 1.165) is 23.3 Å². The Kier molecular flexibility index (Phi) is 5.18. The number of aromatic nitrogens is 1. The molecule has 6 nitrogen and oxygen atoms in total. The number of amides is 1. The highest BCUT2D eigenvalue weighted by Gasteiger charge is 2.33.